The molecule has 0 fully saturated rings. The van der Waals surface area contributed by atoms with Crippen LogP contribution in [0.25, 0.3) is 17.2 Å². The monoisotopic (exact) mass is 370 g/mol. The van der Waals surface area contributed by atoms with Crippen LogP contribution in [-0.4, -0.2) is 5.78 Å². The zero-order chi connectivity index (χ0) is 19.5. The fourth-order valence-corrected chi connectivity index (χ4v) is 3.23. The highest BCUT2D eigenvalue weighted by atomic mass is 19.1. The number of halogens is 2. The molecule has 4 rings (SSSR count). The van der Waals surface area contributed by atoms with Crippen LogP contribution in [-0.2, 0) is 4.79 Å². The summed E-state index contributed by atoms with van der Waals surface area (Å²) in [6.45, 7) is 0. The molecule has 0 radical (unpaired) electrons. The molecule has 0 spiro atoms. The molecule has 3 aromatic carbocycles. The molecular formula is C25H16F2O. The summed E-state index contributed by atoms with van der Waals surface area (Å²) in [5.74, 6) is -0.739. The Balaban J connectivity index is 1.84. The van der Waals surface area contributed by atoms with Crippen molar-refractivity contribution in [2.75, 3.05) is 0 Å². The predicted octanol–water partition coefficient (Wildman–Crippen LogP) is 6.08. The summed E-state index contributed by atoms with van der Waals surface area (Å²) < 4.78 is 26.7. The summed E-state index contributed by atoms with van der Waals surface area (Å²) >= 11 is 0. The minimum atomic E-state index is -0.331. The minimum absolute atomic E-state index is 0.0764. The lowest BCUT2D eigenvalue weighted by molar-refractivity contribution is -0.109. The first-order valence-corrected chi connectivity index (χ1v) is 8.87. The van der Waals surface area contributed by atoms with Gasteiger partial charge in [0.1, 0.15) is 11.6 Å². The second-order valence-corrected chi connectivity index (χ2v) is 6.46. The predicted molar refractivity (Wildman–Crippen MR) is 108 cm³/mol. The number of fused-ring (bicyclic) bond motifs is 1. The Hall–Kier alpha value is -3.59. The van der Waals surface area contributed by atoms with E-state index in [1.165, 1.54) is 24.3 Å². The number of hydrogen-bond donors (Lipinski definition) is 0. The van der Waals surface area contributed by atoms with Crippen molar-refractivity contribution in [2.24, 2.45) is 0 Å². The summed E-state index contributed by atoms with van der Waals surface area (Å²) in [5.41, 5.74) is 4.75. The number of rotatable bonds is 3. The van der Waals surface area contributed by atoms with Gasteiger partial charge in [-0.2, -0.15) is 0 Å². The molecule has 1 aliphatic carbocycles. The molecule has 0 bridgehead atoms. The SMILES string of the molecule is O=C1C=Cc2ccccc2/C1=C\C=C(c1ccc(F)cc1)c1ccc(F)cc1. The van der Waals surface area contributed by atoms with Crippen LogP contribution in [0.3, 0.4) is 0 Å². The van der Waals surface area contributed by atoms with Crippen LogP contribution in [0, 0.1) is 11.6 Å². The van der Waals surface area contributed by atoms with Crippen LogP contribution in [0.15, 0.2) is 91.0 Å². The van der Waals surface area contributed by atoms with E-state index in [-0.39, 0.29) is 17.4 Å². The second kappa shape index (κ2) is 7.57. The molecule has 0 aliphatic heterocycles. The van der Waals surface area contributed by atoms with Crippen LogP contribution in [0.1, 0.15) is 22.3 Å². The highest BCUT2D eigenvalue weighted by Crippen LogP contribution is 2.29. The Labute approximate surface area is 162 Å². The van der Waals surface area contributed by atoms with Crippen molar-refractivity contribution >= 4 is 23.0 Å². The summed E-state index contributed by atoms with van der Waals surface area (Å²) in [6, 6.07) is 19.9. The van der Waals surface area contributed by atoms with Gasteiger partial charge in [0.05, 0.1) is 0 Å². The smallest absolute Gasteiger partial charge is 0.186 e. The minimum Gasteiger partial charge on any atom is -0.289 e. The fraction of sp³-hybridized carbons (Fsp3) is 0. The summed E-state index contributed by atoms with van der Waals surface area (Å²) in [4.78, 5) is 12.4. The van der Waals surface area contributed by atoms with Gasteiger partial charge in [-0.1, -0.05) is 60.7 Å². The van der Waals surface area contributed by atoms with Crippen LogP contribution in [0.2, 0.25) is 0 Å². The van der Waals surface area contributed by atoms with Gasteiger partial charge in [0.15, 0.2) is 5.78 Å². The number of allylic oxidation sites excluding steroid dienone is 4. The lowest BCUT2D eigenvalue weighted by atomic mass is 9.90. The van der Waals surface area contributed by atoms with Gasteiger partial charge < -0.3 is 0 Å². The first kappa shape index (κ1) is 17.8. The third-order valence-corrected chi connectivity index (χ3v) is 4.66. The van der Waals surface area contributed by atoms with Gasteiger partial charge in [-0.25, -0.2) is 8.78 Å². The first-order chi connectivity index (χ1) is 13.6. The lowest BCUT2D eigenvalue weighted by Gasteiger charge is -2.13. The molecule has 0 aromatic heterocycles. The topological polar surface area (TPSA) is 17.1 Å². The Bertz CT molecular complexity index is 1070. The van der Waals surface area contributed by atoms with E-state index in [0.29, 0.717) is 5.57 Å². The van der Waals surface area contributed by atoms with E-state index in [1.807, 2.05) is 30.3 Å². The van der Waals surface area contributed by atoms with Crippen LogP contribution in [0.5, 0.6) is 0 Å². The molecular weight excluding hydrogens is 354 g/mol. The highest BCUT2D eigenvalue weighted by Gasteiger charge is 2.16. The second-order valence-electron chi connectivity index (χ2n) is 6.46. The molecule has 0 heterocycles. The Morgan fingerprint density at radius 1 is 0.714 bits per heavy atom. The number of ketones is 1. The van der Waals surface area contributed by atoms with Crippen molar-refractivity contribution in [3.8, 4) is 0 Å². The van der Waals surface area contributed by atoms with E-state index < -0.39 is 0 Å². The van der Waals surface area contributed by atoms with Crippen molar-refractivity contribution in [2.45, 2.75) is 0 Å². The molecule has 0 atom stereocenters. The maximum Gasteiger partial charge on any atom is 0.186 e. The molecule has 3 heteroatoms. The summed E-state index contributed by atoms with van der Waals surface area (Å²) in [6.07, 6.45) is 6.95. The highest BCUT2D eigenvalue weighted by molar-refractivity contribution is 6.30. The van der Waals surface area contributed by atoms with E-state index in [9.17, 15) is 13.6 Å². The Kier molecular flexibility index (Phi) is 4.81. The molecule has 28 heavy (non-hydrogen) atoms. The largest absolute Gasteiger partial charge is 0.289 e. The van der Waals surface area contributed by atoms with Gasteiger partial charge >= 0.3 is 0 Å². The van der Waals surface area contributed by atoms with Gasteiger partial charge in [-0.15, -0.1) is 0 Å². The van der Waals surface area contributed by atoms with Crippen molar-refractivity contribution in [1.29, 1.82) is 0 Å². The van der Waals surface area contributed by atoms with Crippen LogP contribution < -0.4 is 0 Å². The summed E-state index contributed by atoms with van der Waals surface area (Å²) in [5, 5.41) is 0. The normalized spacial score (nSPS) is 14.1. The molecule has 0 N–H and O–H groups in total. The Morgan fingerprint density at radius 3 is 1.89 bits per heavy atom. The zero-order valence-electron chi connectivity index (χ0n) is 14.9. The quantitative estimate of drug-likeness (QED) is 0.511. The van der Waals surface area contributed by atoms with Crippen LogP contribution >= 0.6 is 0 Å². The number of carbonyl (C=O) groups is 1. The maximum atomic E-state index is 13.4. The molecule has 1 nitrogen and oxygen atoms in total. The van der Waals surface area contributed by atoms with Gasteiger partial charge in [-0.05, 0) is 64.2 Å². The summed E-state index contributed by atoms with van der Waals surface area (Å²) in [7, 11) is 0. The van der Waals surface area contributed by atoms with Gasteiger partial charge in [0.25, 0.3) is 0 Å². The zero-order valence-corrected chi connectivity index (χ0v) is 14.9. The van der Waals surface area contributed by atoms with Gasteiger partial charge in [0.2, 0.25) is 0 Å². The van der Waals surface area contributed by atoms with E-state index in [2.05, 4.69) is 0 Å². The standard InChI is InChI=1S/C25H16F2O/c26-20-10-5-18(6-11-20)22(19-7-12-21(27)13-8-19)14-15-24-23-4-2-1-3-17(23)9-16-25(24)28/h1-16H/b24-15+. The fourth-order valence-electron chi connectivity index (χ4n) is 3.23. The van der Waals surface area contributed by atoms with E-state index >= 15 is 0 Å². The average Bonchev–Trinajstić information content (AvgIpc) is 2.72. The Morgan fingerprint density at radius 2 is 1.29 bits per heavy atom. The number of carbonyl (C=O) groups excluding carboxylic acids is 1. The first-order valence-electron chi connectivity index (χ1n) is 8.87. The van der Waals surface area contributed by atoms with E-state index in [1.54, 1.807) is 42.5 Å². The van der Waals surface area contributed by atoms with E-state index in [4.69, 9.17) is 0 Å². The molecule has 0 unspecified atom stereocenters. The molecule has 3 aromatic rings. The van der Waals surface area contributed by atoms with Crippen molar-refractivity contribution < 1.29 is 13.6 Å². The van der Waals surface area contributed by atoms with Crippen molar-refractivity contribution in [3.05, 3.63) is 125 Å². The molecule has 0 amide bonds. The molecule has 0 saturated carbocycles. The third kappa shape index (κ3) is 3.60. The lowest BCUT2D eigenvalue weighted by Crippen LogP contribution is -2.04. The molecule has 136 valence electrons. The maximum absolute atomic E-state index is 13.4. The average molecular weight is 370 g/mol. The molecule has 0 saturated heterocycles. The number of benzene rings is 3. The van der Waals surface area contributed by atoms with E-state index in [0.717, 1.165) is 27.8 Å². The third-order valence-electron chi connectivity index (χ3n) is 4.66. The molecule has 1 aliphatic rings. The van der Waals surface area contributed by atoms with Crippen LogP contribution in [0.4, 0.5) is 8.78 Å². The number of hydrogen-bond acceptors (Lipinski definition) is 1. The van der Waals surface area contributed by atoms with Gasteiger partial charge in [0, 0.05) is 5.57 Å². The van der Waals surface area contributed by atoms with Gasteiger partial charge in [-0.3, -0.25) is 4.79 Å². The van der Waals surface area contributed by atoms with Crippen molar-refractivity contribution in [3.63, 3.8) is 0 Å². The van der Waals surface area contributed by atoms with Crippen molar-refractivity contribution in [1.82, 2.24) is 0 Å².